The van der Waals surface area contributed by atoms with Gasteiger partial charge in [-0.05, 0) is 0 Å². The van der Waals surface area contributed by atoms with Crippen molar-refractivity contribution in [2.45, 2.75) is 10.5 Å². The van der Waals surface area contributed by atoms with Gasteiger partial charge in [-0.15, -0.1) is 0 Å². The van der Waals surface area contributed by atoms with E-state index in [-0.39, 0.29) is 22.4 Å². The molecule has 0 fully saturated rings. The van der Waals surface area contributed by atoms with Crippen molar-refractivity contribution in [3.05, 3.63) is 0 Å². The van der Waals surface area contributed by atoms with Crippen molar-refractivity contribution in [3.8, 4) is 0 Å². The average Bonchev–Trinajstić information content (AvgIpc) is 1.84. The van der Waals surface area contributed by atoms with Crippen LogP contribution < -0.4 is 0 Å². The number of thiol groups is 2. The monoisotopic (exact) mass is 289 g/mol. The molecule has 0 aliphatic heterocycles. The van der Waals surface area contributed by atoms with Gasteiger partial charge >= 0.3 is 11.9 Å². The number of aliphatic carboxylic acids is 2. The van der Waals surface area contributed by atoms with Gasteiger partial charge in [-0.2, -0.15) is 25.3 Å². The smallest absolute Gasteiger partial charge is 0.318 e. The summed E-state index contributed by atoms with van der Waals surface area (Å²) in [6, 6.07) is 0. The average molecular weight is 290 g/mol. The van der Waals surface area contributed by atoms with Gasteiger partial charge in [0.2, 0.25) is 0 Å². The van der Waals surface area contributed by atoms with Crippen molar-refractivity contribution in [2.24, 2.45) is 0 Å². The van der Waals surface area contributed by atoms with Crippen LogP contribution in [-0.4, -0.2) is 32.7 Å². The first-order chi connectivity index (χ1) is 4.46. The SMILES string of the molecule is O=C(O)C(S)C(S)C(=O)O.[Ag]. The molecule has 0 rings (SSSR count). The van der Waals surface area contributed by atoms with Crippen molar-refractivity contribution in [2.75, 3.05) is 0 Å². The van der Waals surface area contributed by atoms with Gasteiger partial charge in [0.05, 0.1) is 0 Å². The molecule has 2 atom stereocenters. The first kappa shape index (κ1) is 13.9. The second-order valence-corrected chi connectivity index (χ2v) is 2.68. The molecular formula is C4H6AgO4S2. The van der Waals surface area contributed by atoms with Crippen LogP contribution in [0.1, 0.15) is 0 Å². The summed E-state index contributed by atoms with van der Waals surface area (Å²) >= 11 is 7.00. The van der Waals surface area contributed by atoms with E-state index >= 15 is 0 Å². The fourth-order valence-corrected chi connectivity index (χ4v) is 0.525. The summed E-state index contributed by atoms with van der Waals surface area (Å²) in [5.41, 5.74) is 0. The summed E-state index contributed by atoms with van der Waals surface area (Å²) in [5, 5.41) is 13.9. The molecule has 0 heterocycles. The van der Waals surface area contributed by atoms with E-state index in [1.165, 1.54) is 0 Å². The van der Waals surface area contributed by atoms with Crippen LogP contribution in [0.2, 0.25) is 0 Å². The minimum Gasteiger partial charge on any atom is -0.480 e. The van der Waals surface area contributed by atoms with Crippen molar-refractivity contribution >= 4 is 37.2 Å². The predicted molar refractivity (Wildman–Crippen MR) is 40.8 cm³/mol. The number of hydrogen-bond donors (Lipinski definition) is 4. The quantitative estimate of drug-likeness (QED) is 0.427. The zero-order valence-corrected chi connectivity index (χ0v) is 8.33. The van der Waals surface area contributed by atoms with E-state index in [9.17, 15) is 9.59 Å². The Morgan fingerprint density at radius 1 is 1.00 bits per heavy atom. The Morgan fingerprint density at radius 3 is 1.27 bits per heavy atom. The first-order valence-corrected chi connectivity index (χ1v) is 3.32. The molecule has 0 saturated carbocycles. The summed E-state index contributed by atoms with van der Waals surface area (Å²) < 4.78 is 0. The summed E-state index contributed by atoms with van der Waals surface area (Å²) in [4.78, 5) is 20.1. The minimum atomic E-state index is -1.29. The molecule has 69 valence electrons. The van der Waals surface area contributed by atoms with Gasteiger partial charge in [-0.25, -0.2) is 0 Å². The van der Waals surface area contributed by atoms with E-state index in [1.807, 2.05) is 0 Å². The Labute approximate surface area is 89.7 Å². The number of rotatable bonds is 3. The van der Waals surface area contributed by atoms with Crippen molar-refractivity contribution < 1.29 is 42.2 Å². The minimum absolute atomic E-state index is 0. The summed E-state index contributed by atoms with van der Waals surface area (Å²) in [7, 11) is 0. The molecule has 0 spiro atoms. The Bertz CT molecular complexity index is 144. The van der Waals surface area contributed by atoms with Crippen LogP contribution in [0.4, 0.5) is 0 Å². The molecule has 7 heteroatoms. The summed E-state index contributed by atoms with van der Waals surface area (Å²) in [6.07, 6.45) is 0. The molecule has 4 nitrogen and oxygen atoms in total. The van der Waals surface area contributed by atoms with E-state index in [0.29, 0.717) is 0 Å². The Balaban J connectivity index is 0. The molecule has 0 aromatic heterocycles. The van der Waals surface area contributed by atoms with Crippen LogP contribution in [0.15, 0.2) is 0 Å². The zero-order valence-electron chi connectivity index (χ0n) is 5.06. The molecule has 0 aliphatic rings. The van der Waals surface area contributed by atoms with Gasteiger partial charge in [0, 0.05) is 22.4 Å². The Kier molecular flexibility index (Phi) is 7.55. The van der Waals surface area contributed by atoms with Gasteiger partial charge in [0.15, 0.2) is 0 Å². The van der Waals surface area contributed by atoms with E-state index in [2.05, 4.69) is 25.3 Å². The first-order valence-electron chi connectivity index (χ1n) is 2.28. The van der Waals surface area contributed by atoms with Crippen molar-refractivity contribution in [3.63, 3.8) is 0 Å². The fraction of sp³-hybridized carbons (Fsp3) is 0.500. The van der Waals surface area contributed by atoms with Gasteiger partial charge in [-0.3, -0.25) is 9.59 Å². The largest absolute Gasteiger partial charge is 0.480 e. The molecule has 1 radical (unpaired) electrons. The molecule has 0 aromatic rings. The third kappa shape index (κ3) is 4.76. The number of hydrogen-bond acceptors (Lipinski definition) is 4. The normalized spacial score (nSPS) is 14.4. The Hall–Kier alpha value is 0.380. The predicted octanol–water partition coefficient (Wildman–Crippen LogP) is -0.250. The van der Waals surface area contributed by atoms with Crippen LogP contribution in [0.25, 0.3) is 0 Å². The maximum atomic E-state index is 10.1. The van der Waals surface area contributed by atoms with Crippen LogP contribution in [-0.2, 0) is 32.0 Å². The topological polar surface area (TPSA) is 74.6 Å². The number of carboxylic acids is 2. The standard InChI is InChI=1S/C4H6O4S2.Ag/c5-3(6)1(9)2(10)4(7)8;/h1-2,9-10H,(H,5,6)(H,7,8);. The van der Waals surface area contributed by atoms with Crippen molar-refractivity contribution in [1.29, 1.82) is 0 Å². The molecule has 2 N–H and O–H groups in total. The van der Waals surface area contributed by atoms with E-state index in [0.717, 1.165) is 0 Å². The molecule has 0 aromatic carbocycles. The van der Waals surface area contributed by atoms with Gasteiger partial charge in [0.1, 0.15) is 10.5 Å². The maximum Gasteiger partial charge on any atom is 0.318 e. The van der Waals surface area contributed by atoms with Gasteiger partial charge < -0.3 is 10.2 Å². The molecule has 11 heavy (non-hydrogen) atoms. The molecule has 0 saturated heterocycles. The van der Waals surface area contributed by atoms with E-state index in [4.69, 9.17) is 10.2 Å². The van der Waals surface area contributed by atoms with Crippen LogP contribution in [0, 0.1) is 0 Å². The summed E-state index contributed by atoms with van der Waals surface area (Å²) in [5.74, 6) is -2.57. The molecule has 2 unspecified atom stereocenters. The van der Waals surface area contributed by atoms with E-state index < -0.39 is 22.4 Å². The Morgan fingerprint density at radius 2 is 1.18 bits per heavy atom. The fourth-order valence-electron chi connectivity index (χ4n) is 0.270. The molecular weight excluding hydrogens is 284 g/mol. The zero-order chi connectivity index (χ0) is 8.31. The number of carbonyl (C=O) groups is 2. The van der Waals surface area contributed by atoms with E-state index in [1.54, 1.807) is 0 Å². The molecule has 0 amide bonds. The molecule has 0 aliphatic carbocycles. The van der Waals surface area contributed by atoms with Gasteiger partial charge in [-0.1, -0.05) is 0 Å². The van der Waals surface area contributed by atoms with Gasteiger partial charge in [0.25, 0.3) is 0 Å². The van der Waals surface area contributed by atoms with Crippen LogP contribution >= 0.6 is 25.3 Å². The second kappa shape index (κ2) is 5.96. The maximum absolute atomic E-state index is 10.1. The second-order valence-electron chi connectivity index (χ2n) is 1.57. The number of carboxylic acid groups (broad SMARTS) is 2. The van der Waals surface area contributed by atoms with Crippen LogP contribution in [0.3, 0.4) is 0 Å². The van der Waals surface area contributed by atoms with Crippen LogP contribution in [0.5, 0.6) is 0 Å². The molecule has 0 bridgehead atoms. The third-order valence-corrected chi connectivity index (χ3v) is 2.08. The third-order valence-electron chi connectivity index (χ3n) is 0.805. The summed E-state index contributed by atoms with van der Waals surface area (Å²) in [6.45, 7) is 0. The van der Waals surface area contributed by atoms with Crippen molar-refractivity contribution in [1.82, 2.24) is 0 Å².